The fourth-order valence-electron chi connectivity index (χ4n) is 0.644. The smallest absolute Gasteiger partial charge is 0.0988 e. The van der Waals surface area contributed by atoms with Crippen molar-refractivity contribution in [2.45, 2.75) is 0 Å². The van der Waals surface area contributed by atoms with Crippen molar-refractivity contribution in [3.63, 3.8) is 0 Å². The van der Waals surface area contributed by atoms with Crippen LogP contribution in [0.1, 0.15) is 0 Å². The zero-order valence-electron chi connectivity index (χ0n) is 7.29. The molecule has 0 aliphatic carbocycles. The normalized spacial score (nSPS) is 9.67. The van der Waals surface area contributed by atoms with Crippen LogP contribution in [-0.4, -0.2) is 44.5 Å². The number of hydrogen-bond acceptors (Lipinski definition) is 3. The largest absolute Gasteiger partial charge is 0.660 e. The molecule has 0 aromatic rings. The quantitative estimate of drug-likeness (QED) is 0.320. The Kier molecular flexibility index (Phi) is 7.63. The second-order valence-corrected chi connectivity index (χ2v) is 2.36. The molecule has 2 N–H and O–H groups in total. The third-order valence-electron chi connectivity index (χ3n) is 1.19. The topological polar surface area (TPSA) is 58.7 Å². The minimum absolute atomic E-state index is 0.155. The number of aliphatic hydroxyl groups is 1. The summed E-state index contributed by atoms with van der Waals surface area (Å²) in [5.41, 5.74) is 0. The molecule has 0 aliphatic heterocycles. The first kappa shape index (κ1) is 11.1. The van der Waals surface area contributed by atoms with Gasteiger partial charge in [0, 0.05) is 6.54 Å². The molecular formula is C8H16N3O-. The van der Waals surface area contributed by atoms with Gasteiger partial charge in [0.05, 0.1) is 12.3 Å². The number of hydrogen-bond donors (Lipinski definition) is 2. The van der Waals surface area contributed by atoms with E-state index in [-0.39, 0.29) is 5.76 Å². The van der Waals surface area contributed by atoms with Crippen LogP contribution < -0.4 is 5.32 Å². The van der Waals surface area contributed by atoms with E-state index in [0.717, 1.165) is 19.6 Å². The molecule has 70 valence electrons. The molecule has 0 aromatic carbocycles. The van der Waals surface area contributed by atoms with E-state index in [1.807, 2.05) is 0 Å². The molecule has 0 amide bonds. The van der Waals surface area contributed by atoms with Crippen LogP contribution in [0.4, 0.5) is 0 Å². The maximum Gasteiger partial charge on any atom is 0.0988 e. The van der Waals surface area contributed by atoms with E-state index < -0.39 is 0 Å². The van der Waals surface area contributed by atoms with Gasteiger partial charge >= 0.3 is 0 Å². The van der Waals surface area contributed by atoms with Crippen molar-refractivity contribution in [1.82, 2.24) is 5.32 Å². The lowest BCUT2D eigenvalue weighted by atomic mass is 10.5. The summed E-state index contributed by atoms with van der Waals surface area (Å²) >= 11 is 0. The van der Waals surface area contributed by atoms with Crippen LogP contribution >= 0.6 is 0 Å². The van der Waals surface area contributed by atoms with Gasteiger partial charge in [-0.25, -0.2) is 0 Å². The minimum Gasteiger partial charge on any atom is -0.660 e. The van der Waals surface area contributed by atoms with Crippen molar-refractivity contribution >= 4 is 6.72 Å². The maximum atomic E-state index is 8.68. The fraction of sp³-hybridized carbons (Fsp3) is 0.625. The van der Waals surface area contributed by atoms with Gasteiger partial charge < -0.3 is 20.7 Å². The Morgan fingerprint density at radius 3 is 2.83 bits per heavy atom. The summed E-state index contributed by atoms with van der Waals surface area (Å²) in [6.45, 7) is 10.0. The lowest BCUT2D eigenvalue weighted by Crippen LogP contribution is -2.20. The number of nitrogens with one attached hydrogen (secondary N) is 1. The molecule has 12 heavy (non-hydrogen) atoms. The highest BCUT2D eigenvalue weighted by molar-refractivity contribution is 5.23. The number of aliphatic imine (C=N–C) groups is 1. The van der Waals surface area contributed by atoms with Crippen LogP contribution in [0.2, 0.25) is 0 Å². The molecule has 0 bridgehead atoms. The Bertz CT molecular complexity index is 136. The Morgan fingerprint density at radius 1 is 1.50 bits per heavy atom. The molecule has 0 saturated carbocycles. The molecule has 0 unspecified atom stereocenters. The van der Waals surface area contributed by atoms with Crippen LogP contribution in [0.25, 0.3) is 5.32 Å². The number of rotatable bonds is 8. The van der Waals surface area contributed by atoms with E-state index in [9.17, 15) is 0 Å². The van der Waals surface area contributed by atoms with Crippen molar-refractivity contribution in [1.29, 1.82) is 0 Å². The van der Waals surface area contributed by atoms with Crippen LogP contribution in [0.15, 0.2) is 17.3 Å². The van der Waals surface area contributed by atoms with Gasteiger partial charge in [-0.15, -0.1) is 13.1 Å². The molecule has 0 spiro atoms. The predicted molar refractivity (Wildman–Crippen MR) is 52.1 cm³/mol. The van der Waals surface area contributed by atoms with Crippen molar-refractivity contribution in [3.05, 3.63) is 17.7 Å². The first-order valence-corrected chi connectivity index (χ1v) is 3.90. The summed E-state index contributed by atoms with van der Waals surface area (Å²) in [5, 5.41) is 15.8. The highest BCUT2D eigenvalue weighted by Gasteiger charge is 1.83. The average molecular weight is 170 g/mol. The second kappa shape index (κ2) is 8.23. The van der Waals surface area contributed by atoms with E-state index in [0.29, 0.717) is 13.1 Å². The van der Waals surface area contributed by atoms with Gasteiger partial charge in [0.25, 0.3) is 0 Å². The molecule has 0 radical (unpaired) electrons. The van der Waals surface area contributed by atoms with E-state index in [2.05, 4.69) is 28.9 Å². The Balaban J connectivity index is 2.90. The molecule has 0 atom stereocenters. The van der Waals surface area contributed by atoms with Crippen molar-refractivity contribution in [2.24, 2.45) is 4.99 Å². The van der Waals surface area contributed by atoms with Crippen molar-refractivity contribution in [3.8, 4) is 0 Å². The van der Waals surface area contributed by atoms with Crippen LogP contribution in [0.5, 0.6) is 0 Å². The van der Waals surface area contributed by atoms with E-state index in [1.54, 1.807) is 0 Å². The molecule has 0 rings (SSSR count). The molecule has 0 saturated heterocycles. The summed E-state index contributed by atoms with van der Waals surface area (Å²) < 4.78 is 0. The lowest BCUT2D eigenvalue weighted by Gasteiger charge is -2.16. The summed E-state index contributed by atoms with van der Waals surface area (Å²) in [4.78, 5) is 3.66. The van der Waals surface area contributed by atoms with E-state index in [4.69, 9.17) is 5.11 Å². The maximum absolute atomic E-state index is 8.68. The number of aliphatic hydroxyl groups excluding tert-OH is 1. The third kappa shape index (κ3) is 9.13. The zero-order valence-corrected chi connectivity index (χ0v) is 7.29. The first-order chi connectivity index (χ1) is 5.77. The average Bonchev–Trinajstić information content (AvgIpc) is 2.02. The van der Waals surface area contributed by atoms with Gasteiger partial charge in [-0.05, 0) is 13.3 Å². The van der Waals surface area contributed by atoms with Crippen molar-refractivity contribution < 1.29 is 5.11 Å². The first-order valence-electron chi connectivity index (χ1n) is 3.90. The van der Waals surface area contributed by atoms with E-state index in [1.165, 1.54) is 0 Å². The highest BCUT2D eigenvalue weighted by atomic mass is 16.3. The minimum atomic E-state index is 0.155. The Morgan fingerprint density at radius 2 is 2.25 bits per heavy atom. The number of nitrogens with zero attached hydrogens (tertiary/aromatic N) is 2. The zero-order chi connectivity index (χ0) is 9.23. The van der Waals surface area contributed by atoms with Gasteiger partial charge in [0.1, 0.15) is 0 Å². The van der Waals surface area contributed by atoms with E-state index >= 15 is 0 Å². The summed E-state index contributed by atoms with van der Waals surface area (Å²) in [6.07, 6.45) is 0. The second-order valence-electron chi connectivity index (χ2n) is 2.36. The van der Waals surface area contributed by atoms with Crippen molar-refractivity contribution in [2.75, 3.05) is 32.7 Å². The Hall–Kier alpha value is -0.870. The molecule has 4 nitrogen and oxygen atoms in total. The lowest BCUT2D eigenvalue weighted by molar-refractivity contribution is 0.393. The fourth-order valence-corrected chi connectivity index (χ4v) is 0.644. The van der Waals surface area contributed by atoms with Gasteiger partial charge in [0.2, 0.25) is 0 Å². The highest BCUT2D eigenvalue weighted by Crippen LogP contribution is 1.84. The predicted octanol–water partition coefficient (Wildman–Crippen LogP) is 0.722. The van der Waals surface area contributed by atoms with Gasteiger partial charge in [-0.2, -0.15) is 0 Å². The summed E-state index contributed by atoms with van der Waals surface area (Å²) in [5.74, 6) is 0.155. The molecule has 0 aliphatic rings. The monoisotopic (exact) mass is 170 g/mol. The van der Waals surface area contributed by atoms with Crippen LogP contribution in [-0.2, 0) is 0 Å². The molecule has 0 fully saturated rings. The van der Waals surface area contributed by atoms with Gasteiger partial charge in [0.15, 0.2) is 0 Å². The SMILES string of the molecule is C=NCC[N-]CCNCC(=C)O. The molecular weight excluding hydrogens is 154 g/mol. The molecule has 0 heterocycles. The Labute approximate surface area is 73.4 Å². The third-order valence-corrected chi connectivity index (χ3v) is 1.19. The van der Waals surface area contributed by atoms with Crippen LogP contribution in [0, 0.1) is 0 Å². The molecule has 4 heteroatoms. The molecule has 0 aromatic heterocycles. The summed E-state index contributed by atoms with van der Waals surface area (Å²) in [6, 6.07) is 0. The van der Waals surface area contributed by atoms with Crippen LogP contribution in [0.3, 0.4) is 0 Å². The standard InChI is InChI=1S/C8H16N3O/c1-8(12)7-11-6-5-10-4-3-9-2/h11-12H,1-7H2/q-1. The van der Waals surface area contributed by atoms with Gasteiger partial charge in [-0.3, -0.25) is 0 Å². The summed E-state index contributed by atoms with van der Waals surface area (Å²) in [7, 11) is 0. The van der Waals surface area contributed by atoms with Gasteiger partial charge in [-0.1, -0.05) is 6.58 Å².